The number of halogens is 2. The number of H-pyrrole nitrogens is 1. The highest BCUT2D eigenvalue weighted by Crippen LogP contribution is 2.49. The van der Waals surface area contributed by atoms with Gasteiger partial charge in [0, 0.05) is 17.7 Å². The fraction of sp³-hybridized carbons (Fsp3) is 0.320. The number of amides is 1. The minimum atomic E-state index is -0.654. The number of aryl methyl sites for hydroxylation is 1. The van der Waals surface area contributed by atoms with Crippen LogP contribution in [-0.4, -0.2) is 55.8 Å². The van der Waals surface area contributed by atoms with Crippen LogP contribution >= 0.6 is 21.6 Å². The third-order valence-electron chi connectivity index (χ3n) is 6.46. The number of alkyl carbamates (subject to hydrolysis) is 1. The van der Waals surface area contributed by atoms with Crippen LogP contribution in [0.5, 0.6) is 0 Å². The van der Waals surface area contributed by atoms with Gasteiger partial charge in [-0.05, 0) is 43.0 Å². The minimum absolute atomic E-state index is 0.0838. The van der Waals surface area contributed by atoms with Gasteiger partial charge in [0.15, 0.2) is 0 Å². The zero-order valence-electron chi connectivity index (χ0n) is 21.2. The number of aromatic nitrogens is 5. The van der Waals surface area contributed by atoms with E-state index in [9.17, 15) is 18.4 Å². The summed E-state index contributed by atoms with van der Waals surface area (Å²) < 4.78 is 35.8. The van der Waals surface area contributed by atoms with Gasteiger partial charge in [-0.15, -0.1) is 0 Å². The average Bonchev–Trinajstić information content (AvgIpc) is 3.34. The second kappa shape index (κ2) is 11.2. The summed E-state index contributed by atoms with van der Waals surface area (Å²) in [7, 11) is 4.88. The molecule has 1 aliphatic rings. The number of aromatic amines is 1. The molecule has 14 heteroatoms. The van der Waals surface area contributed by atoms with Gasteiger partial charge in [-0.2, -0.15) is 10.2 Å². The molecule has 0 saturated carbocycles. The van der Waals surface area contributed by atoms with Crippen LogP contribution in [-0.2, 0) is 11.8 Å². The third-order valence-corrected chi connectivity index (χ3v) is 8.68. The van der Waals surface area contributed by atoms with E-state index in [1.165, 1.54) is 24.5 Å². The number of rotatable bonds is 8. The molecule has 0 unspecified atom stereocenters. The van der Waals surface area contributed by atoms with Gasteiger partial charge in [0.2, 0.25) is 0 Å². The van der Waals surface area contributed by atoms with Crippen molar-refractivity contribution in [1.29, 1.82) is 0 Å². The molecule has 0 fully saturated rings. The van der Waals surface area contributed by atoms with E-state index in [0.717, 1.165) is 6.07 Å². The summed E-state index contributed by atoms with van der Waals surface area (Å²) in [5.41, 5.74) is 0.893. The third kappa shape index (κ3) is 5.30. The molecule has 39 heavy (non-hydrogen) atoms. The van der Waals surface area contributed by atoms with Gasteiger partial charge in [-0.25, -0.2) is 23.7 Å². The molecular weight excluding hydrogens is 548 g/mol. The quantitative estimate of drug-likeness (QED) is 0.300. The number of anilines is 1. The minimum Gasteiger partial charge on any atom is -0.448 e. The molecule has 0 aliphatic carbocycles. The maximum atomic E-state index is 14.9. The lowest BCUT2D eigenvalue weighted by atomic mass is 9.82. The molecule has 3 heterocycles. The SMILES string of the molecule is CSS[C@H](C)COC(=O)NCN1c2cc(F)cc3c(=O)[nH]nc(c23)[C@H](c2ncnn2C)[C@H]1c1ccc(F)cc1. The molecule has 3 atom stereocenters. The fourth-order valence-corrected chi connectivity index (χ4v) is 6.46. The molecule has 1 aliphatic heterocycles. The van der Waals surface area contributed by atoms with E-state index in [-0.39, 0.29) is 23.9 Å². The Morgan fingerprint density at radius 2 is 2.00 bits per heavy atom. The summed E-state index contributed by atoms with van der Waals surface area (Å²) in [4.78, 5) is 31.6. The first-order valence-corrected chi connectivity index (χ1v) is 14.6. The molecule has 5 rings (SSSR count). The fourth-order valence-electron chi connectivity index (χ4n) is 4.85. The molecule has 204 valence electrons. The summed E-state index contributed by atoms with van der Waals surface area (Å²) in [5.74, 6) is -1.18. The van der Waals surface area contributed by atoms with Crippen LogP contribution in [0, 0.1) is 11.6 Å². The number of hydrogen-bond acceptors (Lipinski definition) is 9. The number of carbonyl (C=O) groups excluding carboxylic acids is 1. The molecule has 0 bridgehead atoms. The Morgan fingerprint density at radius 1 is 1.23 bits per heavy atom. The second-order valence-corrected chi connectivity index (χ2v) is 11.9. The van der Waals surface area contributed by atoms with Crippen molar-refractivity contribution < 1.29 is 18.3 Å². The first-order valence-electron chi connectivity index (χ1n) is 12.0. The van der Waals surface area contributed by atoms with Crippen molar-refractivity contribution in [1.82, 2.24) is 30.3 Å². The lowest BCUT2D eigenvalue weighted by molar-refractivity contribution is 0.147. The lowest BCUT2D eigenvalue weighted by Gasteiger charge is -2.42. The van der Waals surface area contributed by atoms with Crippen molar-refractivity contribution in [2.24, 2.45) is 7.05 Å². The summed E-state index contributed by atoms with van der Waals surface area (Å²) in [6.07, 6.45) is 2.69. The van der Waals surface area contributed by atoms with Crippen molar-refractivity contribution in [3.8, 4) is 0 Å². The van der Waals surface area contributed by atoms with Crippen LogP contribution in [0.3, 0.4) is 0 Å². The Labute approximate surface area is 229 Å². The summed E-state index contributed by atoms with van der Waals surface area (Å²) in [6.45, 7) is 2.04. The monoisotopic (exact) mass is 573 g/mol. The molecule has 4 aromatic rings. The highest BCUT2D eigenvalue weighted by Gasteiger charge is 2.42. The first kappa shape index (κ1) is 26.9. The number of ether oxygens (including phenoxy) is 1. The van der Waals surface area contributed by atoms with E-state index in [1.807, 2.05) is 13.2 Å². The summed E-state index contributed by atoms with van der Waals surface area (Å²) >= 11 is 0. The van der Waals surface area contributed by atoms with Gasteiger partial charge in [0.1, 0.15) is 30.4 Å². The maximum Gasteiger partial charge on any atom is 0.408 e. The average molecular weight is 574 g/mol. The van der Waals surface area contributed by atoms with Crippen molar-refractivity contribution >= 4 is 44.1 Å². The molecular formula is C25H25F2N7O3S2. The van der Waals surface area contributed by atoms with Crippen LogP contribution in [0.2, 0.25) is 0 Å². The normalized spacial score (nSPS) is 17.3. The van der Waals surface area contributed by atoms with Gasteiger partial charge < -0.3 is 15.0 Å². The molecule has 0 radical (unpaired) electrons. The van der Waals surface area contributed by atoms with Gasteiger partial charge in [0.25, 0.3) is 5.56 Å². The van der Waals surface area contributed by atoms with Crippen molar-refractivity contribution in [2.75, 3.05) is 24.4 Å². The molecule has 10 nitrogen and oxygen atoms in total. The number of benzene rings is 2. The number of nitrogens with one attached hydrogen (secondary N) is 2. The van der Waals surface area contributed by atoms with Crippen LogP contribution in [0.4, 0.5) is 19.3 Å². The van der Waals surface area contributed by atoms with Crippen molar-refractivity contribution in [3.63, 3.8) is 0 Å². The highest BCUT2D eigenvalue weighted by molar-refractivity contribution is 8.76. The number of carbonyl (C=O) groups is 1. The van der Waals surface area contributed by atoms with Crippen LogP contribution in [0.1, 0.15) is 36.0 Å². The molecule has 2 N–H and O–H groups in total. The predicted octanol–water partition coefficient (Wildman–Crippen LogP) is 4.11. The summed E-state index contributed by atoms with van der Waals surface area (Å²) in [6, 6.07) is 7.68. The maximum absolute atomic E-state index is 14.9. The first-order chi connectivity index (χ1) is 18.8. The highest BCUT2D eigenvalue weighted by atomic mass is 33.1. The largest absolute Gasteiger partial charge is 0.448 e. The van der Waals surface area contributed by atoms with Gasteiger partial charge in [-0.1, -0.05) is 33.7 Å². The number of hydrogen-bond donors (Lipinski definition) is 2. The Hall–Kier alpha value is -3.65. The van der Waals surface area contributed by atoms with E-state index >= 15 is 0 Å². The predicted molar refractivity (Wildman–Crippen MR) is 147 cm³/mol. The summed E-state index contributed by atoms with van der Waals surface area (Å²) in [5, 5.41) is 14.4. The number of nitrogens with zero attached hydrogens (tertiary/aromatic N) is 5. The zero-order valence-corrected chi connectivity index (χ0v) is 22.9. The van der Waals surface area contributed by atoms with Gasteiger partial charge in [-0.3, -0.25) is 9.48 Å². The van der Waals surface area contributed by atoms with E-state index in [2.05, 4.69) is 25.6 Å². The van der Waals surface area contributed by atoms with Crippen LogP contribution in [0.15, 0.2) is 47.5 Å². The standard InChI is InChI=1S/C25H25F2N7O3S2/c1-13(39-38-3)10-37-25(36)29-12-34-18-9-16(27)8-17-19(18)21(31-32-24(17)35)20(23-28-11-30-33(23)2)22(34)14-4-6-15(26)7-5-14/h4-9,11,13,20,22H,10,12H2,1-3H3,(H,29,36)(H,32,35)/t13-,20+,22-/m1/s1. The molecule has 0 spiro atoms. The Morgan fingerprint density at radius 3 is 2.69 bits per heavy atom. The zero-order chi connectivity index (χ0) is 27.7. The van der Waals surface area contributed by atoms with Crippen LogP contribution in [0.25, 0.3) is 10.8 Å². The van der Waals surface area contributed by atoms with Gasteiger partial charge >= 0.3 is 6.09 Å². The molecule has 0 saturated heterocycles. The Bertz CT molecular complexity index is 1560. The van der Waals surface area contributed by atoms with Crippen LogP contribution < -0.4 is 15.8 Å². The molecule has 2 aromatic heterocycles. The van der Waals surface area contributed by atoms with Gasteiger partial charge in [0.05, 0.1) is 35.4 Å². The van der Waals surface area contributed by atoms with Crippen molar-refractivity contribution in [2.45, 2.75) is 24.1 Å². The van der Waals surface area contributed by atoms with Crippen molar-refractivity contribution in [3.05, 3.63) is 81.8 Å². The van der Waals surface area contributed by atoms with E-state index < -0.39 is 35.2 Å². The van der Waals surface area contributed by atoms with E-state index in [0.29, 0.717) is 28.2 Å². The Balaban J connectivity index is 1.64. The van der Waals surface area contributed by atoms with E-state index in [1.54, 1.807) is 50.3 Å². The molecule has 2 aromatic carbocycles. The topological polar surface area (TPSA) is 118 Å². The smallest absolute Gasteiger partial charge is 0.408 e. The Kier molecular flexibility index (Phi) is 7.75. The molecule has 1 amide bonds. The lowest BCUT2D eigenvalue weighted by Crippen LogP contribution is -2.45. The van der Waals surface area contributed by atoms with E-state index in [4.69, 9.17) is 4.74 Å². The second-order valence-electron chi connectivity index (χ2n) is 8.98.